The average molecular weight is 274 g/mol. The van der Waals surface area contributed by atoms with Gasteiger partial charge < -0.3 is 10.1 Å². The van der Waals surface area contributed by atoms with Gasteiger partial charge in [0.15, 0.2) is 0 Å². The second-order valence-electron chi connectivity index (χ2n) is 6.34. The Morgan fingerprint density at radius 1 is 1.35 bits per heavy atom. The second kappa shape index (κ2) is 5.74. The van der Waals surface area contributed by atoms with Gasteiger partial charge in [0.25, 0.3) is 0 Å². The van der Waals surface area contributed by atoms with Gasteiger partial charge in [-0.15, -0.1) is 0 Å². The highest BCUT2D eigenvalue weighted by Crippen LogP contribution is 2.35. The number of ether oxygens (including phenoxy) is 1. The minimum absolute atomic E-state index is 0.428. The molecule has 0 radical (unpaired) electrons. The number of rotatable bonds is 3. The van der Waals surface area contributed by atoms with Crippen LogP contribution in [0.2, 0.25) is 0 Å². The highest BCUT2D eigenvalue weighted by Gasteiger charge is 2.36. The molecule has 0 aliphatic carbocycles. The molecule has 3 rings (SSSR count). The third-order valence-electron chi connectivity index (χ3n) is 5.01. The summed E-state index contributed by atoms with van der Waals surface area (Å²) in [6, 6.07) is 7.63. The van der Waals surface area contributed by atoms with E-state index in [2.05, 4.69) is 42.3 Å². The fourth-order valence-corrected chi connectivity index (χ4v) is 3.77. The molecule has 110 valence electrons. The molecule has 2 fully saturated rings. The number of nitrogens with zero attached hydrogens (tertiary/aromatic N) is 1. The van der Waals surface area contributed by atoms with Crippen LogP contribution in [0.5, 0.6) is 5.75 Å². The third-order valence-corrected chi connectivity index (χ3v) is 5.01. The van der Waals surface area contributed by atoms with Gasteiger partial charge >= 0.3 is 0 Å². The van der Waals surface area contributed by atoms with Crippen LogP contribution >= 0.6 is 0 Å². The average Bonchev–Trinajstić information content (AvgIpc) is 2.90. The van der Waals surface area contributed by atoms with Gasteiger partial charge in [0, 0.05) is 30.7 Å². The van der Waals surface area contributed by atoms with Crippen LogP contribution in [0.25, 0.3) is 0 Å². The standard InChI is InChI=1S/C17H26N2O/c1-12-6-7-17(20-3)15(9-12)13(2)19-10-14-5-4-8-18-16(14)11-19/h6-7,9,13-14,16,18H,4-5,8,10-11H2,1-3H3. The van der Waals surface area contributed by atoms with Gasteiger partial charge in [-0.05, 0) is 45.2 Å². The summed E-state index contributed by atoms with van der Waals surface area (Å²) in [5, 5.41) is 3.68. The Balaban J connectivity index is 1.79. The van der Waals surface area contributed by atoms with E-state index in [4.69, 9.17) is 4.74 Å². The first kappa shape index (κ1) is 13.9. The summed E-state index contributed by atoms with van der Waals surface area (Å²) in [4.78, 5) is 2.62. The zero-order valence-corrected chi connectivity index (χ0v) is 12.9. The van der Waals surface area contributed by atoms with Crippen molar-refractivity contribution < 1.29 is 4.74 Å². The lowest BCUT2D eigenvalue weighted by molar-refractivity contribution is 0.245. The van der Waals surface area contributed by atoms with Crippen molar-refractivity contribution in [1.82, 2.24) is 10.2 Å². The van der Waals surface area contributed by atoms with E-state index in [9.17, 15) is 0 Å². The summed E-state index contributed by atoms with van der Waals surface area (Å²) in [6.07, 6.45) is 2.71. The van der Waals surface area contributed by atoms with Crippen molar-refractivity contribution in [3.05, 3.63) is 29.3 Å². The molecule has 3 nitrogen and oxygen atoms in total. The summed E-state index contributed by atoms with van der Waals surface area (Å²) in [7, 11) is 1.77. The molecular weight excluding hydrogens is 248 g/mol. The predicted octanol–water partition coefficient (Wildman–Crippen LogP) is 2.75. The van der Waals surface area contributed by atoms with Crippen LogP contribution in [0.15, 0.2) is 18.2 Å². The minimum Gasteiger partial charge on any atom is -0.496 e. The second-order valence-corrected chi connectivity index (χ2v) is 6.34. The Labute approximate surface area is 122 Å². The van der Waals surface area contributed by atoms with Crippen molar-refractivity contribution in [2.24, 2.45) is 5.92 Å². The molecule has 3 atom stereocenters. The van der Waals surface area contributed by atoms with Crippen LogP contribution in [-0.4, -0.2) is 37.7 Å². The SMILES string of the molecule is COc1ccc(C)cc1C(C)N1CC2CCCNC2C1. The number of hydrogen-bond acceptors (Lipinski definition) is 3. The van der Waals surface area contributed by atoms with Gasteiger partial charge in [-0.2, -0.15) is 0 Å². The van der Waals surface area contributed by atoms with Gasteiger partial charge in [-0.3, -0.25) is 4.90 Å². The zero-order valence-electron chi connectivity index (χ0n) is 12.9. The molecule has 0 spiro atoms. The van der Waals surface area contributed by atoms with Gasteiger partial charge in [-0.1, -0.05) is 17.7 Å². The van der Waals surface area contributed by atoms with Crippen molar-refractivity contribution in [3.63, 3.8) is 0 Å². The molecular formula is C17H26N2O. The van der Waals surface area contributed by atoms with E-state index in [1.807, 2.05) is 0 Å². The molecule has 0 saturated carbocycles. The van der Waals surface area contributed by atoms with Gasteiger partial charge in [-0.25, -0.2) is 0 Å². The van der Waals surface area contributed by atoms with E-state index >= 15 is 0 Å². The molecule has 2 aliphatic rings. The number of fused-ring (bicyclic) bond motifs is 1. The number of aryl methyl sites for hydroxylation is 1. The number of hydrogen-bond donors (Lipinski definition) is 1. The fourth-order valence-electron chi connectivity index (χ4n) is 3.77. The Morgan fingerprint density at radius 3 is 2.95 bits per heavy atom. The summed E-state index contributed by atoms with van der Waals surface area (Å²) in [5.74, 6) is 1.85. The molecule has 2 saturated heterocycles. The number of piperidine rings is 1. The first-order chi connectivity index (χ1) is 9.69. The molecule has 3 unspecified atom stereocenters. The van der Waals surface area contributed by atoms with Crippen LogP contribution in [0.1, 0.15) is 36.9 Å². The minimum atomic E-state index is 0.428. The topological polar surface area (TPSA) is 24.5 Å². The fraction of sp³-hybridized carbons (Fsp3) is 0.647. The van der Waals surface area contributed by atoms with E-state index in [0.29, 0.717) is 12.1 Å². The normalized spacial score (nSPS) is 28.1. The molecule has 1 aromatic rings. The first-order valence-corrected chi connectivity index (χ1v) is 7.81. The van der Waals surface area contributed by atoms with Crippen LogP contribution in [0.4, 0.5) is 0 Å². The number of benzene rings is 1. The predicted molar refractivity (Wildman–Crippen MR) is 82.2 cm³/mol. The number of likely N-dealkylation sites (tertiary alicyclic amines) is 1. The maximum Gasteiger partial charge on any atom is 0.123 e. The number of methoxy groups -OCH3 is 1. The lowest BCUT2D eigenvalue weighted by Gasteiger charge is -2.26. The quantitative estimate of drug-likeness (QED) is 0.917. The Bertz CT molecular complexity index is 460. The Hall–Kier alpha value is -1.06. The van der Waals surface area contributed by atoms with Crippen molar-refractivity contribution in [2.45, 2.75) is 38.8 Å². The van der Waals surface area contributed by atoms with Crippen molar-refractivity contribution >= 4 is 0 Å². The van der Waals surface area contributed by atoms with E-state index in [0.717, 1.165) is 11.7 Å². The lowest BCUT2D eigenvalue weighted by atomic mass is 9.94. The highest BCUT2D eigenvalue weighted by atomic mass is 16.5. The molecule has 20 heavy (non-hydrogen) atoms. The summed E-state index contributed by atoms with van der Waals surface area (Å²) < 4.78 is 5.56. The maximum atomic E-state index is 5.56. The molecule has 0 amide bonds. The Morgan fingerprint density at radius 2 is 2.20 bits per heavy atom. The third kappa shape index (κ3) is 2.57. The first-order valence-electron chi connectivity index (χ1n) is 7.81. The van der Waals surface area contributed by atoms with Crippen LogP contribution in [-0.2, 0) is 0 Å². The molecule has 0 bridgehead atoms. The summed E-state index contributed by atoms with van der Waals surface area (Å²) >= 11 is 0. The largest absolute Gasteiger partial charge is 0.496 e. The molecule has 0 aromatic heterocycles. The van der Waals surface area contributed by atoms with Crippen LogP contribution in [0.3, 0.4) is 0 Å². The Kier molecular flexibility index (Phi) is 3.99. The van der Waals surface area contributed by atoms with Crippen molar-refractivity contribution in [3.8, 4) is 5.75 Å². The van der Waals surface area contributed by atoms with E-state index in [-0.39, 0.29) is 0 Å². The highest BCUT2D eigenvalue weighted by molar-refractivity contribution is 5.39. The van der Waals surface area contributed by atoms with Gasteiger partial charge in [0.1, 0.15) is 5.75 Å². The zero-order chi connectivity index (χ0) is 14.1. The monoisotopic (exact) mass is 274 g/mol. The lowest BCUT2D eigenvalue weighted by Crippen LogP contribution is -2.40. The maximum absolute atomic E-state index is 5.56. The van der Waals surface area contributed by atoms with E-state index in [1.54, 1.807) is 7.11 Å². The molecule has 2 aliphatic heterocycles. The molecule has 1 aromatic carbocycles. The van der Waals surface area contributed by atoms with Crippen LogP contribution < -0.4 is 10.1 Å². The summed E-state index contributed by atoms with van der Waals surface area (Å²) in [6.45, 7) is 8.05. The van der Waals surface area contributed by atoms with Crippen molar-refractivity contribution in [2.75, 3.05) is 26.7 Å². The number of nitrogens with one attached hydrogen (secondary N) is 1. The summed E-state index contributed by atoms with van der Waals surface area (Å²) in [5.41, 5.74) is 2.63. The van der Waals surface area contributed by atoms with E-state index in [1.165, 1.54) is 43.6 Å². The smallest absolute Gasteiger partial charge is 0.123 e. The molecule has 3 heteroatoms. The van der Waals surface area contributed by atoms with Crippen LogP contribution in [0, 0.1) is 12.8 Å². The molecule has 2 heterocycles. The molecule has 1 N–H and O–H groups in total. The van der Waals surface area contributed by atoms with E-state index < -0.39 is 0 Å². The van der Waals surface area contributed by atoms with Crippen molar-refractivity contribution in [1.29, 1.82) is 0 Å². The van der Waals surface area contributed by atoms with Gasteiger partial charge in [0.05, 0.1) is 7.11 Å². The van der Waals surface area contributed by atoms with Gasteiger partial charge in [0.2, 0.25) is 0 Å².